The molecule has 0 fully saturated rings. The molecule has 1 aliphatic rings. The number of hydrogen-bond acceptors (Lipinski definition) is 3. The first-order chi connectivity index (χ1) is 11.5. The zero-order valence-electron chi connectivity index (χ0n) is 14.3. The third-order valence-electron chi connectivity index (χ3n) is 4.48. The number of nitrogens with zero attached hydrogens (tertiary/aromatic N) is 2. The van der Waals surface area contributed by atoms with Crippen LogP contribution in [-0.2, 0) is 6.42 Å². The van der Waals surface area contributed by atoms with Gasteiger partial charge < -0.3 is 10.2 Å². The van der Waals surface area contributed by atoms with Gasteiger partial charge in [-0.2, -0.15) is 0 Å². The summed E-state index contributed by atoms with van der Waals surface area (Å²) in [5, 5.41) is 3.29. The maximum Gasteiger partial charge on any atom is 0.269 e. The van der Waals surface area contributed by atoms with Crippen LogP contribution in [0.1, 0.15) is 36.3 Å². The van der Waals surface area contributed by atoms with Gasteiger partial charge in [0.1, 0.15) is 5.69 Å². The fourth-order valence-corrected chi connectivity index (χ4v) is 3.48. The number of carbonyl (C=O) groups excluding carboxylic acids is 1. The Morgan fingerprint density at radius 3 is 2.75 bits per heavy atom. The minimum absolute atomic E-state index is 0.189. The van der Waals surface area contributed by atoms with E-state index in [1.807, 2.05) is 6.07 Å². The summed E-state index contributed by atoms with van der Waals surface area (Å²) < 4.78 is 0. The van der Waals surface area contributed by atoms with Gasteiger partial charge in [0.05, 0.1) is 5.02 Å². The van der Waals surface area contributed by atoms with Crippen LogP contribution in [0.2, 0.25) is 5.02 Å². The lowest BCUT2D eigenvalue weighted by molar-refractivity contribution is 0.0958. The first-order valence-electron chi connectivity index (χ1n) is 8.29. The van der Waals surface area contributed by atoms with Crippen molar-refractivity contribution in [2.24, 2.45) is 0 Å². The number of benzene rings is 1. The molecule has 24 heavy (non-hydrogen) atoms. The average molecular weight is 344 g/mol. The summed E-state index contributed by atoms with van der Waals surface area (Å²) in [7, 11) is 1.60. The standard InChI is InChI=1S/C19H22ClN3O/c1-12(2)23-8-4-5-13-9-15(16(20)10-18(13)23)14-6-7-17(22-11-14)19(24)21-3/h6-7,9-12H,4-5,8H2,1-3H3,(H,21,24). The topological polar surface area (TPSA) is 45.2 Å². The van der Waals surface area contributed by atoms with Crippen molar-refractivity contribution in [3.63, 3.8) is 0 Å². The number of anilines is 1. The number of amides is 1. The van der Waals surface area contributed by atoms with Gasteiger partial charge in [0, 0.05) is 42.6 Å². The highest BCUT2D eigenvalue weighted by molar-refractivity contribution is 6.33. The number of aromatic nitrogens is 1. The van der Waals surface area contributed by atoms with Gasteiger partial charge in [-0.25, -0.2) is 0 Å². The predicted octanol–water partition coefficient (Wildman–Crippen LogP) is 3.92. The summed E-state index contributed by atoms with van der Waals surface area (Å²) in [6, 6.07) is 8.32. The number of rotatable bonds is 3. The van der Waals surface area contributed by atoms with Crippen molar-refractivity contribution in [2.75, 3.05) is 18.5 Å². The molecule has 0 bridgehead atoms. The molecule has 126 valence electrons. The first kappa shape index (κ1) is 16.8. The Labute approximate surface area is 147 Å². The molecule has 0 aliphatic carbocycles. The van der Waals surface area contributed by atoms with Crippen molar-refractivity contribution in [1.82, 2.24) is 10.3 Å². The maximum absolute atomic E-state index is 11.6. The lowest BCUT2D eigenvalue weighted by Crippen LogP contribution is -2.35. The molecule has 3 rings (SSSR count). The number of hydrogen-bond donors (Lipinski definition) is 1. The van der Waals surface area contributed by atoms with Gasteiger partial charge in [-0.15, -0.1) is 0 Å². The van der Waals surface area contributed by atoms with E-state index < -0.39 is 0 Å². The third-order valence-corrected chi connectivity index (χ3v) is 4.79. The van der Waals surface area contributed by atoms with Gasteiger partial charge in [0.2, 0.25) is 0 Å². The fraction of sp³-hybridized carbons (Fsp3) is 0.368. The van der Waals surface area contributed by atoms with Crippen molar-refractivity contribution >= 4 is 23.2 Å². The average Bonchev–Trinajstić information content (AvgIpc) is 2.60. The summed E-state index contributed by atoms with van der Waals surface area (Å²) in [6.45, 7) is 5.49. The van der Waals surface area contributed by atoms with Crippen molar-refractivity contribution in [3.8, 4) is 11.1 Å². The zero-order chi connectivity index (χ0) is 17.3. The molecule has 2 aromatic rings. The molecule has 4 nitrogen and oxygen atoms in total. The van der Waals surface area contributed by atoms with Crippen LogP contribution in [0, 0.1) is 0 Å². The number of halogens is 1. The monoisotopic (exact) mass is 343 g/mol. The molecule has 1 aromatic carbocycles. The molecule has 2 heterocycles. The van der Waals surface area contributed by atoms with E-state index in [2.05, 4.69) is 41.2 Å². The summed E-state index contributed by atoms with van der Waals surface area (Å²) in [5.74, 6) is -0.189. The normalized spacial score (nSPS) is 13.8. The molecule has 1 N–H and O–H groups in total. The van der Waals surface area contributed by atoms with E-state index in [1.165, 1.54) is 11.3 Å². The number of carbonyl (C=O) groups is 1. The van der Waals surface area contributed by atoms with Crippen molar-refractivity contribution < 1.29 is 4.79 Å². The van der Waals surface area contributed by atoms with Crippen molar-refractivity contribution in [1.29, 1.82) is 0 Å². The summed E-state index contributed by atoms with van der Waals surface area (Å²) in [5.41, 5.74) is 4.86. The number of aryl methyl sites for hydroxylation is 1. The van der Waals surface area contributed by atoms with E-state index >= 15 is 0 Å². The first-order valence-corrected chi connectivity index (χ1v) is 8.66. The second kappa shape index (κ2) is 6.81. The van der Waals surface area contributed by atoms with Crippen LogP contribution in [0.25, 0.3) is 11.1 Å². The lowest BCUT2D eigenvalue weighted by atomic mass is 9.95. The van der Waals surface area contributed by atoms with Gasteiger partial charge in [0.15, 0.2) is 0 Å². The molecule has 1 amide bonds. The van der Waals surface area contributed by atoms with E-state index in [1.54, 1.807) is 19.3 Å². The summed E-state index contributed by atoms with van der Waals surface area (Å²) in [6.07, 6.45) is 3.92. The Bertz CT molecular complexity index is 756. The number of fused-ring (bicyclic) bond motifs is 1. The number of pyridine rings is 1. The largest absolute Gasteiger partial charge is 0.369 e. The smallest absolute Gasteiger partial charge is 0.269 e. The van der Waals surface area contributed by atoms with Crippen LogP contribution in [0.5, 0.6) is 0 Å². The quantitative estimate of drug-likeness (QED) is 0.918. The molecule has 0 saturated heterocycles. The van der Waals surface area contributed by atoms with Gasteiger partial charge in [-0.1, -0.05) is 17.7 Å². The van der Waals surface area contributed by atoms with Gasteiger partial charge in [0.25, 0.3) is 5.91 Å². The molecule has 0 saturated carbocycles. The Morgan fingerprint density at radius 2 is 2.12 bits per heavy atom. The third kappa shape index (κ3) is 3.11. The molecular weight excluding hydrogens is 322 g/mol. The van der Waals surface area contributed by atoms with Crippen molar-refractivity contribution in [3.05, 3.63) is 46.7 Å². The SMILES string of the molecule is CNC(=O)c1ccc(-c2cc3c(cc2Cl)N(C(C)C)CCC3)cn1. The van der Waals surface area contributed by atoms with Crippen LogP contribution in [-0.4, -0.2) is 30.5 Å². The number of nitrogens with one attached hydrogen (secondary N) is 1. The minimum Gasteiger partial charge on any atom is -0.369 e. The maximum atomic E-state index is 11.6. The van der Waals surface area contributed by atoms with Gasteiger partial charge in [-0.05, 0) is 50.5 Å². The van der Waals surface area contributed by atoms with E-state index in [4.69, 9.17) is 11.6 Å². The molecular formula is C19H22ClN3O. The molecule has 0 atom stereocenters. The lowest BCUT2D eigenvalue weighted by Gasteiger charge is -2.35. The van der Waals surface area contributed by atoms with Crippen LogP contribution < -0.4 is 10.2 Å². The highest BCUT2D eigenvalue weighted by atomic mass is 35.5. The predicted molar refractivity (Wildman–Crippen MR) is 98.9 cm³/mol. The second-order valence-corrected chi connectivity index (χ2v) is 6.77. The molecule has 0 radical (unpaired) electrons. The molecule has 1 aromatic heterocycles. The Kier molecular flexibility index (Phi) is 4.76. The minimum atomic E-state index is -0.189. The van der Waals surface area contributed by atoms with Crippen LogP contribution in [0.15, 0.2) is 30.5 Å². The Balaban J connectivity index is 1.99. The zero-order valence-corrected chi connectivity index (χ0v) is 15.0. The molecule has 0 spiro atoms. The van der Waals surface area contributed by atoms with Crippen LogP contribution in [0.3, 0.4) is 0 Å². The summed E-state index contributed by atoms with van der Waals surface area (Å²) >= 11 is 6.56. The van der Waals surface area contributed by atoms with Crippen LogP contribution in [0.4, 0.5) is 5.69 Å². The highest BCUT2D eigenvalue weighted by Gasteiger charge is 2.21. The highest BCUT2D eigenvalue weighted by Crippen LogP contribution is 2.37. The Morgan fingerprint density at radius 1 is 1.33 bits per heavy atom. The molecule has 5 heteroatoms. The molecule has 0 unspecified atom stereocenters. The van der Waals surface area contributed by atoms with Gasteiger partial charge in [-0.3, -0.25) is 9.78 Å². The fourth-order valence-electron chi connectivity index (χ4n) is 3.21. The second-order valence-electron chi connectivity index (χ2n) is 6.36. The van der Waals surface area contributed by atoms with Crippen LogP contribution >= 0.6 is 11.6 Å². The van der Waals surface area contributed by atoms with Crippen molar-refractivity contribution in [2.45, 2.75) is 32.7 Å². The van der Waals surface area contributed by atoms with Gasteiger partial charge >= 0.3 is 0 Å². The van der Waals surface area contributed by atoms with E-state index in [0.717, 1.165) is 35.5 Å². The van der Waals surface area contributed by atoms with E-state index in [0.29, 0.717) is 11.7 Å². The molecule has 1 aliphatic heterocycles. The van der Waals surface area contributed by atoms with E-state index in [9.17, 15) is 4.79 Å². The Hall–Kier alpha value is -2.07. The summed E-state index contributed by atoms with van der Waals surface area (Å²) in [4.78, 5) is 18.3. The van der Waals surface area contributed by atoms with E-state index in [-0.39, 0.29) is 5.91 Å².